The van der Waals surface area contributed by atoms with Crippen molar-refractivity contribution in [3.8, 4) is 0 Å². The van der Waals surface area contributed by atoms with Crippen LogP contribution < -0.4 is 0 Å². The SMILES string of the molecule is CCCC(C(=O)N1CCCn2cncc2C1)n1cccc1. The Hall–Kier alpha value is -2.04. The first kappa shape index (κ1) is 13.9. The molecule has 0 N–H and O–H groups in total. The number of nitrogens with zero attached hydrogens (tertiary/aromatic N) is 4. The van der Waals surface area contributed by atoms with Crippen LogP contribution in [0.25, 0.3) is 0 Å². The number of carbonyl (C=O) groups is 1. The van der Waals surface area contributed by atoms with E-state index in [1.165, 1.54) is 0 Å². The van der Waals surface area contributed by atoms with Crippen LogP contribution in [-0.4, -0.2) is 31.5 Å². The second kappa shape index (κ2) is 6.16. The molecule has 0 saturated heterocycles. The average molecular weight is 286 g/mol. The molecule has 0 bridgehead atoms. The third-order valence-corrected chi connectivity index (χ3v) is 4.12. The highest BCUT2D eigenvalue weighted by molar-refractivity contribution is 5.80. The van der Waals surface area contributed by atoms with Crippen LogP contribution in [0.5, 0.6) is 0 Å². The van der Waals surface area contributed by atoms with E-state index in [4.69, 9.17) is 0 Å². The second-order valence-electron chi connectivity index (χ2n) is 5.63. The predicted molar refractivity (Wildman–Crippen MR) is 80.6 cm³/mol. The highest BCUT2D eigenvalue weighted by atomic mass is 16.2. The molecule has 2 aromatic heterocycles. The van der Waals surface area contributed by atoms with Crippen LogP contribution in [-0.2, 0) is 17.9 Å². The minimum Gasteiger partial charge on any atom is -0.342 e. The third-order valence-electron chi connectivity index (χ3n) is 4.12. The summed E-state index contributed by atoms with van der Waals surface area (Å²) in [5.74, 6) is 0.225. The first-order valence-electron chi connectivity index (χ1n) is 7.70. The van der Waals surface area contributed by atoms with Crippen molar-refractivity contribution in [2.24, 2.45) is 0 Å². The Morgan fingerprint density at radius 3 is 2.90 bits per heavy atom. The van der Waals surface area contributed by atoms with Gasteiger partial charge < -0.3 is 14.0 Å². The molecule has 0 fully saturated rings. The molecule has 0 spiro atoms. The third kappa shape index (κ3) is 2.86. The van der Waals surface area contributed by atoms with Gasteiger partial charge in [-0.05, 0) is 25.0 Å². The molecule has 0 aliphatic carbocycles. The Balaban J connectivity index is 1.79. The van der Waals surface area contributed by atoms with Crippen LogP contribution in [0, 0.1) is 0 Å². The summed E-state index contributed by atoms with van der Waals surface area (Å²) < 4.78 is 4.19. The molecule has 1 unspecified atom stereocenters. The van der Waals surface area contributed by atoms with Crippen LogP contribution in [0.4, 0.5) is 0 Å². The molecule has 1 amide bonds. The summed E-state index contributed by atoms with van der Waals surface area (Å²) in [6, 6.07) is 3.88. The fourth-order valence-corrected chi connectivity index (χ4v) is 3.02. The zero-order valence-corrected chi connectivity index (χ0v) is 12.5. The maximum absolute atomic E-state index is 12.9. The smallest absolute Gasteiger partial charge is 0.245 e. The summed E-state index contributed by atoms with van der Waals surface area (Å²) in [5, 5.41) is 0. The van der Waals surface area contributed by atoms with Gasteiger partial charge >= 0.3 is 0 Å². The zero-order chi connectivity index (χ0) is 14.7. The zero-order valence-electron chi connectivity index (χ0n) is 12.5. The van der Waals surface area contributed by atoms with Crippen molar-refractivity contribution in [1.82, 2.24) is 19.0 Å². The van der Waals surface area contributed by atoms with Crippen LogP contribution in [0.15, 0.2) is 37.1 Å². The van der Waals surface area contributed by atoms with E-state index in [1.54, 1.807) is 0 Å². The molecule has 3 rings (SSSR count). The molecule has 5 nitrogen and oxygen atoms in total. The van der Waals surface area contributed by atoms with Gasteiger partial charge in [0.1, 0.15) is 6.04 Å². The van der Waals surface area contributed by atoms with E-state index in [0.29, 0.717) is 6.54 Å². The van der Waals surface area contributed by atoms with Crippen molar-refractivity contribution in [3.63, 3.8) is 0 Å². The highest BCUT2D eigenvalue weighted by Gasteiger charge is 2.26. The van der Waals surface area contributed by atoms with Gasteiger partial charge in [0.05, 0.1) is 18.6 Å². The molecule has 0 saturated carbocycles. The number of aryl methyl sites for hydroxylation is 1. The van der Waals surface area contributed by atoms with Gasteiger partial charge in [-0.1, -0.05) is 13.3 Å². The number of fused-ring (bicyclic) bond motifs is 1. The molecule has 2 aromatic rings. The molecular formula is C16H22N4O. The highest BCUT2D eigenvalue weighted by Crippen LogP contribution is 2.21. The lowest BCUT2D eigenvalue weighted by Gasteiger charge is -2.26. The predicted octanol–water partition coefficient (Wildman–Crippen LogP) is 2.46. The average Bonchev–Trinajstić information content (AvgIpc) is 3.12. The molecule has 112 valence electrons. The molecule has 1 atom stereocenters. The van der Waals surface area contributed by atoms with Crippen molar-refractivity contribution in [2.45, 2.75) is 45.3 Å². The minimum absolute atomic E-state index is 0.0838. The van der Waals surface area contributed by atoms with Gasteiger partial charge in [0, 0.05) is 31.7 Å². The van der Waals surface area contributed by atoms with Crippen molar-refractivity contribution < 1.29 is 4.79 Å². The van der Waals surface area contributed by atoms with E-state index >= 15 is 0 Å². The number of carbonyl (C=O) groups excluding carboxylic acids is 1. The number of hydrogen-bond acceptors (Lipinski definition) is 2. The Morgan fingerprint density at radius 1 is 1.33 bits per heavy atom. The molecule has 3 heterocycles. The van der Waals surface area contributed by atoms with E-state index in [-0.39, 0.29) is 11.9 Å². The molecule has 5 heteroatoms. The van der Waals surface area contributed by atoms with Crippen LogP contribution in [0.2, 0.25) is 0 Å². The number of aromatic nitrogens is 3. The molecule has 1 aliphatic rings. The maximum Gasteiger partial charge on any atom is 0.245 e. The largest absolute Gasteiger partial charge is 0.342 e. The van der Waals surface area contributed by atoms with E-state index < -0.39 is 0 Å². The number of imidazole rings is 1. The van der Waals surface area contributed by atoms with E-state index in [0.717, 1.165) is 38.0 Å². The molecule has 1 aliphatic heterocycles. The number of rotatable bonds is 4. The van der Waals surface area contributed by atoms with Crippen molar-refractivity contribution in [2.75, 3.05) is 6.54 Å². The monoisotopic (exact) mass is 286 g/mol. The van der Waals surface area contributed by atoms with Crippen molar-refractivity contribution in [3.05, 3.63) is 42.7 Å². The van der Waals surface area contributed by atoms with Gasteiger partial charge in [0.15, 0.2) is 0 Å². The van der Waals surface area contributed by atoms with E-state index in [2.05, 4.69) is 16.5 Å². The Labute approximate surface area is 125 Å². The summed E-state index contributed by atoms with van der Waals surface area (Å²) in [7, 11) is 0. The van der Waals surface area contributed by atoms with Crippen LogP contribution >= 0.6 is 0 Å². The van der Waals surface area contributed by atoms with Gasteiger partial charge in [-0.2, -0.15) is 0 Å². The Morgan fingerprint density at radius 2 is 2.14 bits per heavy atom. The van der Waals surface area contributed by atoms with Crippen LogP contribution in [0.1, 0.15) is 37.9 Å². The summed E-state index contributed by atoms with van der Waals surface area (Å²) in [6.45, 7) is 4.56. The van der Waals surface area contributed by atoms with Gasteiger partial charge in [0.25, 0.3) is 0 Å². The molecule has 0 aromatic carbocycles. The summed E-state index contributed by atoms with van der Waals surface area (Å²) in [4.78, 5) is 19.1. The maximum atomic E-state index is 12.9. The minimum atomic E-state index is -0.0838. The number of hydrogen-bond donors (Lipinski definition) is 0. The first-order chi connectivity index (χ1) is 10.3. The molecule has 21 heavy (non-hydrogen) atoms. The van der Waals surface area contributed by atoms with Gasteiger partial charge in [-0.15, -0.1) is 0 Å². The van der Waals surface area contributed by atoms with E-state index in [9.17, 15) is 4.79 Å². The standard InChI is InChI=1S/C16H22N4O/c1-2-6-15(18-7-3-4-8-18)16(21)19-9-5-10-20-13-17-11-14(20)12-19/h3-4,7-8,11,13,15H,2,5-6,9-10,12H2,1H3. The lowest BCUT2D eigenvalue weighted by atomic mass is 10.1. The lowest BCUT2D eigenvalue weighted by Crippen LogP contribution is -2.36. The van der Waals surface area contributed by atoms with E-state index in [1.807, 2.05) is 46.5 Å². The Kier molecular flexibility index (Phi) is 4.08. The normalized spacial score (nSPS) is 16.3. The van der Waals surface area contributed by atoms with Crippen LogP contribution in [0.3, 0.4) is 0 Å². The fraction of sp³-hybridized carbons (Fsp3) is 0.500. The van der Waals surface area contributed by atoms with Gasteiger partial charge in [-0.3, -0.25) is 4.79 Å². The number of amides is 1. The summed E-state index contributed by atoms with van der Waals surface area (Å²) >= 11 is 0. The Bertz CT molecular complexity index is 587. The molecule has 0 radical (unpaired) electrons. The molecular weight excluding hydrogens is 264 g/mol. The first-order valence-corrected chi connectivity index (χ1v) is 7.70. The van der Waals surface area contributed by atoms with Gasteiger partial charge in [0.2, 0.25) is 5.91 Å². The topological polar surface area (TPSA) is 43.1 Å². The summed E-state index contributed by atoms with van der Waals surface area (Å²) in [6.07, 6.45) is 10.6. The fourth-order valence-electron chi connectivity index (χ4n) is 3.02. The van der Waals surface area contributed by atoms with Gasteiger partial charge in [-0.25, -0.2) is 4.98 Å². The van der Waals surface area contributed by atoms with Crippen molar-refractivity contribution >= 4 is 5.91 Å². The summed E-state index contributed by atoms with van der Waals surface area (Å²) in [5.41, 5.74) is 1.13. The quantitative estimate of drug-likeness (QED) is 0.866. The second-order valence-corrected chi connectivity index (χ2v) is 5.63. The van der Waals surface area contributed by atoms with Crippen molar-refractivity contribution in [1.29, 1.82) is 0 Å². The lowest BCUT2D eigenvalue weighted by molar-refractivity contribution is -0.135.